The molecule has 172 valence electrons. The monoisotopic (exact) mass is 474 g/mol. The quantitative estimate of drug-likeness (QED) is 0.315. The summed E-state index contributed by atoms with van der Waals surface area (Å²) in [6.45, 7) is 6.91. The third-order valence-electron chi connectivity index (χ3n) is 5.91. The van der Waals surface area contributed by atoms with Crippen molar-refractivity contribution < 1.29 is 22.8 Å². The van der Waals surface area contributed by atoms with Crippen molar-refractivity contribution in [2.45, 2.75) is 18.4 Å². The number of nitrogens with zero attached hydrogens (tertiary/aromatic N) is 2. The van der Waals surface area contributed by atoms with Crippen LogP contribution in [0.4, 0.5) is 0 Å². The molecule has 1 aliphatic heterocycles. The van der Waals surface area contributed by atoms with Crippen LogP contribution in [0.1, 0.15) is 22.8 Å². The standard InChI is InChI=1S/C26H22N2O5S/c1-4-28-21-12-10-18(34(3,30)31)14-20(21)23-22(28)13-11-19-24(16(2)15-32-25(19)23)27-33-26(29)17-8-6-5-7-9-17/h5-14H,2,4,15H2,1,3H3/b27-24+. The number of ether oxygens (including phenoxy) is 1. The average Bonchev–Trinajstić information content (AvgIpc) is 3.16. The number of aromatic nitrogens is 1. The largest absolute Gasteiger partial charge is 0.487 e. The predicted molar refractivity (Wildman–Crippen MR) is 131 cm³/mol. The summed E-state index contributed by atoms with van der Waals surface area (Å²) in [5.74, 6) is -0.0161. The third-order valence-corrected chi connectivity index (χ3v) is 7.02. The second-order valence-corrected chi connectivity index (χ2v) is 10.1. The highest BCUT2D eigenvalue weighted by Gasteiger charge is 2.27. The van der Waals surface area contributed by atoms with Crippen LogP contribution in [0.15, 0.2) is 82.9 Å². The van der Waals surface area contributed by atoms with Gasteiger partial charge in [0.25, 0.3) is 0 Å². The normalized spacial score (nSPS) is 14.9. The van der Waals surface area contributed by atoms with E-state index >= 15 is 0 Å². The van der Waals surface area contributed by atoms with Gasteiger partial charge in [-0.25, -0.2) is 13.2 Å². The van der Waals surface area contributed by atoms with Crippen LogP contribution >= 0.6 is 0 Å². The first kappa shape index (κ1) is 21.9. The maximum absolute atomic E-state index is 12.4. The van der Waals surface area contributed by atoms with Crippen molar-refractivity contribution in [2.24, 2.45) is 5.16 Å². The molecule has 0 spiro atoms. The number of carbonyl (C=O) groups excluding carboxylic acids is 1. The molecule has 1 aliphatic rings. The van der Waals surface area contributed by atoms with Gasteiger partial charge in [0, 0.05) is 34.8 Å². The first-order valence-corrected chi connectivity index (χ1v) is 12.6. The maximum Gasteiger partial charge on any atom is 0.365 e. The Labute approximate surface area is 196 Å². The number of carbonyl (C=O) groups is 1. The first-order chi connectivity index (χ1) is 16.3. The molecule has 0 radical (unpaired) electrons. The minimum Gasteiger partial charge on any atom is -0.487 e. The molecule has 3 aromatic carbocycles. The molecule has 0 bridgehead atoms. The van der Waals surface area contributed by atoms with Crippen LogP contribution in [0.5, 0.6) is 5.75 Å². The molecule has 0 unspecified atom stereocenters. The number of oxime groups is 1. The van der Waals surface area contributed by atoms with Crippen molar-refractivity contribution >= 4 is 43.3 Å². The summed E-state index contributed by atoms with van der Waals surface area (Å²) in [7, 11) is -3.39. The lowest BCUT2D eigenvalue weighted by Crippen LogP contribution is -2.20. The van der Waals surface area contributed by atoms with E-state index in [1.807, 2.05) is 31.2 Å². The lowest BCUT2D eigenvalue weighted by Gasteiger charge is -2.21. The fourth-order valence-corrected chi connectivity index (χ4v) is 4.94. The Bertz CT molecular complexity index is 1620. The summed E-state index contributed by atoms with van der Waals surface area (Å²) >= 11 is 0. The number of fused-ring (bicyclic) bond motifs is 5. The molecule has 0 N–H and O–H groups in total. The highest BCUT2D eigenvalue weighted by molar-refractivity contribution is 7.90. The Kier molecular flexibility index (Phi) is 5.25. The van der Waals surface area contributed by atoms with Gasteiger partial charge in [-0.05, 0) is 49.4 Å². The number of hydrogen-bond acceptors (Lipinski definition) is 6. The third kappa shape index (κ3) is 3.56. The number of rotatable bonds is 4. The van der Waals surface area contributed by atoms with E-state index in [-0.39, 0.29) is 11.5 Å². The van der Waals surface area contributed by atoms with Crippen molar-refractivity contribution in [1.82, 2.24) is 4.57 Å². The maximum atomic E-state index is 12.4. The Morgan fingerprint density at radius 2 is 1.85 bits per heavy atom. The summed E-state index contributed by atoms with van der Waals surface area (Å²) in [4.78, 5) is 17.9. The van der Waals surface area contributed by atoms with Crippen molar-refractivity contribution in [2.75, 3.05) is 12.9 Å². The summed E-state index contributed by atoms with van der Waals surface area (Å²) in [5, 5.41) is 5.69. The van der Waals surface area contributed by atoms with Crippen LogP contribution in [0.3, 0.4) is 0 Å². The Hall–Kier alpha value is -3.91. The molecule has 0 saturated carbocycles. The van der Waals surface area contributed by atoms with Crippen LogP contribution in [0, 0.1) is 0 Å². The SMILES string of the molecule is C=C1COc2c(ccc3c2c2cc(S(C)(=O)=O)ccc2n3CC)/C1=N/OC(=O)c1ccccc1. The summed E-state index contributed by atoms with van der Waals surface area (Å²) < 4.78 is 32.6. The molecule has 4 aromatic rings. The van der Waals surface area contributed by atoms with Gasteiger partial charge in [-0.15, -0.1) is 0 Å². The van der Waals surface area contributed by atoms with E-state index < -0.39 is 15.8 Å². The fourth-order valence-electron chi connectivity index (χ4n) is 4.29. The van der Waals surface area contributed by atoms with E-state index in [1.165, 1.54) is 6.26 Å². The molecular formula is C26H22N2O5S. The Morgan fingerprint density at radius 3 is 2.56 bits per heavy atom. The molecule has 0 atom stereocenters. The second-order valence-electron chi connectivity index (χ2n) is 8.11. The van der Waals surface area contributed by atoms with Crippen molar-refractivity contribution in [3.8, 4) is 5.75 Å². The number of hydrogen-bond donors (Lipinski definition) is 0. The molecule has 0 fully saturated rings. The number of aryl methyl sites for hydroxylation is 1. The van der Waals surface area contributed by atoms with Crippen molar-refractivity contribution in [3.63, 3.8) is 0 Å². The van der Waals surface area contributed by atoms with Gasteiger partial charge in [-0.3, -0.25) is 0 Å². The summed E-state index contributed by atoms with van der Waals surface area (Å²) in [6.07, 6.45) is 1.19. The zero-order valence-corrected chi connectivity index (χ0v) is 19.6. The highest BCUT2D eigenvalue weighted by Crippen LogP contribution is 2.41. The van der Waals surface area contributed by atoms with E-state index in [4.69, 9.17) is 9.57 Å². The number of benzene rings is 3. The molecule has 0 aliphatic carbocycles. The van der Waals surface area contributed by atoms with Crippen LogP contribution in [-0.2, 0) is 21.2 Å². The van der Waals surface area contributed by atoms with E-state index in [2.05, 4.69) is 16.3 Å². The fraction of sp³-hybridized carbons (Fsp3) is 0.154. The van der Waals surface area contributed by atoms with Gasteiger partial charge in [-0.1, -0.05) is 29.9 Å². The molecule has 1 aromatic heterocycles. The molecule has 34 heavy (non-hydrogen) atoms. The Morgan fingerprint density at radius 1 is 1.12 bits per heavy atom. The van der Waals surface area contributed by atoms with Gasteiger partial charge >= 0.3 is 5.97 Å². The van der Waals surface area contributed by atoms with Gasteiger partial charge in [-0.2, -0.15) is 0 Å². The Balaban J connectivity index is 1.69. The minimum atomic E-state index is -3.39. The molecule has 2 heterocycles. The summed E-state index contributed by atoms with van der Waals surface area (Å²) in [5.41, 5.74) is 3.83. The van der Waals surface area contributed by atoms with Gasteiger partial charge in [0.1, 0.15) is 18.1 Å². The second kappa shape index (κ2) is 8.14. The van der Waals surface area contributed by atoms with E-state index in [0.717, 1.165) is 21.8 Å². The molecule has 5 rings (SSSR count). The zero-order chi connectivity index (χ0) is 24.0. The first-order valence-electron chi connectivity index (χ1n) is 10.7. The van der Waals surface area contributed by atoms with Crippen LogP contribution in [0.2, 0.25) is 0 Å². The molecule has 7 nitrogen and oxygen atoms in total. The van der Waals surface area contributed by atoms with E-state index in [1.54, 1.807) is 36.4 Å². The van der Waals surface area contributed by atoms with E-state index in [9.17, 15) is 13.2 Å². The van der Waals surface area contributed by atoms with Crippen molar-refractivity contribution in [3.05, 3.63) is 83.9 Å². The topological polar surface area (TPSA) is 87.0 Å². The van der Waals surface area contributed by atoms with Crippen LogP contribution in [-0.4, -0.2) is 37.5 Å². The highest BCUT2D eigenvalue weighted by atomic mass is 32.2. The summed E-state index contributed by atoms with van der Waals surface area (Å²) in [6, 6.07) is 17.5. The van der Waals surface area contributed by atoms with Crippen LogP contribution < -0.4 is 4.74 Å². The van der Waals surface area contributed by atoms with Gasteiger partial charge in [0.05, 0.1) is 21.4 Å². The lowest BCUT2D eigenvalue weighted by atomic mass is 9.97. The van der Waals surface area contributed by atoms with Gasteiger partial charge < -0.3 is 14.1 Å². The molecule has 0 saturated heterocycles. The predicted octanol–water partition coefficient (Wildman–Crippen LogP) is 4.73. The molecule has 8 heteroatoms. The van der Waals surface area contributed by atoms with E-state index in [0.29, 0.717) is 34.7 Å². The zero-order valence-electron chi connectivity index (χ0n) is 18.7. The minimum absolute atomic E-state index is 0.165. The molecular weight excluding hydrogens is 452 g/mol. The van der Waals surface area contributed by atoms with Crippen LogP contribution in [0.25, 0.3) is 21.8 Å². The number of sulfone groups is 1. The average molecular weight is 475 g/mol. The van der Waals surface area contributed by atoms with Gasteiger partial charge in [0.2, 0.25) is 0 Å². The molecule has 0 amide bonds. The smallest absolute Gasteiger partial charge is 0.365 e. The van der Waals surface area contributed by atoms with Gasteiger partial charge in [0.15, 0.2) is 9.84 Å². The lowest BCUT2D eigenvalue weighted by molar-refractivity contribution is 0.0516. The van der Waals surface area contributed by atoms with Crippen molar-refractivity contribution in [1.29, 1.82) is 0 Å².